The number of carbonyl (C=O) groups is 1. The average Bonchev–Trinajstić information content (AvgIpc) is 2.64. The first-order valence-electron chi connectivity index (χ1n) is 8.56. The molecule has 0 atom stereocenters. The standard InChI is InChI=1S/C19H24ClN3O3S/c1-4-23(12-15-7-5-6-8-17(15)20)13-19(24)22-16-10-9-14(2)18(11-16)27(25,26)21-3/h5-11,21H,4,12-13H2,1-3H3,(H,22,24). The lowest BCUT2D eigenvalue weighted by atomic mass is 10.2. The highest BCUT2D eigenvalue weighted by atomic mass is 35.5. The van der Waals surface area contributed by atoms with Gasteiger partial charge in [0.05, 0.1) is 11.4 Å². The van der Waals surface area contributed by atoms with Crippen molar-refractivity contribution in [1.29, 1.82) is 0 Å². The quantitative estimate of drug-likeness (QED) is 0.702. The lowest BCUT2D eigenvalue weighted by Gasteiger charge is -2.20. The third-order valence-electron chi connectivity index (χ3n) is 4.20. The van der Waals surface area contributed by atoms with Crippen molar-refractivity contribution in [3.63, 3.8) is 0 Å². The van der Waals surface area contributed by atoms with Crippen LogP contribution in [0.1, 0.15) is 18.1 Å². The van der Waals surface area contributed by atoms with E-state index in [0.29, 0.717) is 29.4 Å². The van der Waals surface area contributed by atoms with Gasteiger partial charge in [-0.3, -0.25) is 9.69 Å². The maximum Gasteiger partial charge on any atom is 0.240 e. The van der Waals surface area contributed by atoms with Gasteiger partial charge < -0.3 is 5.32 Å². The van der Waals surface area contributed by atoms with Gasteiger partial charge in [-0.2, -0.15) is 0 Å². The van der Waals surface area contributed by atoms with Crippen molar-refractivity contribution in [3.05, 3.63) is 58.6 Å². The molecule has 6 nitrogen and oxygen atoms in total. The maximum absolute atomic E-state index is 12.4. The van der Waals surface area contributed by atoms with Crippen LogP contribution in [0.2, 0.25) is 5.02 Å². The molecule has 0 saturated carbocycles. The summed E-state index contributed by atoms with van der Waals surface area (Å²) < 4.78 is 26.4. The van der Waals surface area contributed by atoms with Gasteiger partial charge in [0.25, 0.3) is 0 Å². The number of hydrogen-bond donors (Lipinski definition) is 2. The lowest BCUT2D eigenvalue weighted by Crippen LogP contribution is -2.33. The first-order chi connectivity index (χ1) is 12.8. The first-order valence-corrected chi connectivity index (χ1v) is 10.4. The number of aryl methyl sites for hydroxylation is 1. The third kappa shape index (κ3) is 5.77. The van der Waals surface area contributed by atoms with Gasteiger partial charge in [0.2, 0.25) is 15.9 Å². The van der Waals surface area contributed by atoms with Gasteiger partial charge in [-0.05, 0) is 49.8 Å². The fraction of sp³-hybridized carbons (Fsp3) is 0.316. The highest BCUT2D eigenvalue weighted by Crippen LogP contribution is 2.20. The Bertz CT molecular complexity index is 916. The van der Waals surface area contributed by atoms with Gasteiger partial charge in [0, 0.05) is 17.3 Å². The van der Waals surface area contributed by atoms with Crippen molar-refractivity contribution >= 4 is 33.2 Å². The second kappa shape index (κ2) is 9.32. The zero-order valence-corrected chi connectivity index (χ0v) is 17.2. The molecule has 0 spiro atoms. The summed E-state index contributed by atoms with van der Waals surface area (Å²) in [6, 6.07) is 12.3. The van der Waals surface area contributed by atoms with Crippen molar-refractivity contribution in [2.24, 2.45) is 0 Å². The summed E-state index contributed by atoms with van der Waals surface area (Å²) in [5.41, 5.74) is 2.00. The highest BCUT2D eigenvalue weighted by Gasteiger charge is 2.17. The fourth-order valence-electron chi connectivity index (χ4n) is 2.63. The van der Waals surface area contributed by atoms with E-state index in [-0.39, 0.29) is 17.3 Å². The molecule has 2 rings (SSSR count). The van der Waals surface area contributed by atoms with Crippen LogP contribution in [0, 0.1) is 6.92 Å². The van der Waals surface area contributed by atoms with E-state index in [1.807, 2.05) is 36.1 Å². The van der Waals surface area contributed by atoms with E-state index in [9.17, 15) is 13.2 Å². The largest absolute Gasteiger partial charge is 0.325 e. The predicted octanol–water partition coefficient (Wildman–Crippen LogP) is 3.02. The molecule has 146 valence electrons. The SMILES string of the molecule is CCN(CC(=O)Nc1ccc(C)c(S(=O)(=O)NC)c1)Cc1ccccc1Cl. The zero-order chi connectivity index (χ0) is 20.0. The Kier molecular flexibility index (Phi) is 7.38. The molecule has 0 radical (unpaired) electrons. The molecule has 8 heteroatoms. The molecule has 0 aliphatic heterocycles. The van der Waals surface area contributed by atoms with Crippen LogP contribution in [-0.4, -0.2) is 39.4 Å². The van der Waals surface area contributed by atoms with Gasteiger partial charge in [-0.25, -0.2) is 13.1 Å². The number of nitrogens with zero attached hydrogens (tertiary/aromatic N) is 1. The Labute approximate surface area is 165 Å². The lowest BCUT2D eigenvalue weighted by molar-refractivity contribution is -0.117. The van der Waals surface area contributed by atoms with Crippen LogP contribution < -0.4 is 10.0 Å². The van der Waals surface area contributed by atoms with Crippen molar-refractivity contribution in [2.45, 2.75) is 25.3 Å². The molecule has 27 heavy (non-hydrogen) atoms. The molecule has 0 unspecified atom stereocenters. The van der Waals surface area contributed by atoms with Crippen LogP contribution in [0.25, 0.3) is 0 Å². The summed E-state index contributed by atoms with van der Waals surface area (Å²) in [4.78, 5) is 14.5. The predicted molar refractivity (Wildman–Crippen MR) is 108 cm³/mol. The van der Waals surface area contributed by atoms with E-state index < -0.39 is 10.0 Å². The summed E-state index contributed by atoms with van der Waals surface area (Å²) >= 11 is 6.19. The normalized spacial score (nSPS) is 11.6. The second-order valence-corrected chi connectivity index (χ2v) is 8.39. The Balaban J connectivity index is 2.08. The monoisotopic (exact) mass is 409 g/mol. The van der Waals surface area contributed by atoms with Crippen molar-refractivity contribution < 1.29 is 13.2 Å². The Morgan fingerprint density at radius 3 is 2.52 bits per heavy atom. The number of halogens is 1. The molecule has 0 fully saturated rings. The van der Waals surface area contributed by atoms with E-state index in [2.05, 4.69) is 10.0 Å². The van der Waals surface area contributed by atoms with Crippen LogP contribution in [0.4, 0.5) is 5.69 Å². The number of rotatable bonds is 8. The van der Waals surface area contributed by atoms with E-state index in [0.717, 1.165) is 5.56 Å². The van der Waals surface area contributed by atoms with Gasteiger partial charge in [0.15, 0.2) is 0 Å². The topological polar surface area (TPSA) is 78.5 Å². The molecular weight excluding hydrogens is 386 g/mol. The Morgan fingerprint density at radius 1 is 1.19 bits per heavy atom. The number of sulfonamides is 1. The van der Waals surface area contributed by atoms with E-state index in [4.69, 9.17) is 11.6 Å². The minimum atomic E-state index is -3.59. The van der Waals surface area contributed by atoms with Crippen LogP contribution in [-0.2, 0) is 21.4 Å². The Hall–Kier alpha value is -1.93. The van der Waals surface area contributed by atoms with Crippen molar-refractivity contribution in [3.8, 4) is 0 Å². The molecule has 2 aromatic rings. The fourth-order valence-corrected chi connectivity index (χ4v) is 3.82. The van der Waals surface area contributed by atoms with Crippen LogP contribution >= 0.6 is 11.6 Å². The molecule has 0 heterocycles. The molecule has 1 amide bonds. The van der Waals surface area contributed by atoms with Gasteiger partial charge in [-0.1, -0.05) is 42.8 Å². The summed E-state index contributed by atoms with van der Waals surface area (Å²) in [5, 5.41) is 3.43. The second-order valence-electron chi connectivity index (χ2n) is 6.13. The summed E-state index contributed by atoms with van der Waals surface area (Å²) in [7, 11) is -2.23. The van der Waals surface area contributed by atoms with E-state index in [1.165, 1.54) is 13.1 Å². The molecule has 0 saturated heterocycles. The zero-order valence-electron chi connectivity index (χ0n) is 15.6. The van der Waals surface area contributed by atoms with Crippen LogP contribution in [0.5, 0.6) is 0 Å². The van der Waals surface area contributed by atoms with Crippen LogP contribution in [0.3, 0.4) is 0 Å². The summed E-state index contributed by atoms with van der Waals surface area (Å²) in [6.07, 6.45) is 0. The van der Waals surface area contributed by atoms with Crippen molar-refractivity contribution in [1.82, 2.24) is 9.62 Å². The molecule has 2 aromatic carbocycles. The molecular formula is C19H24ClN3O3S. The molecule has 0 aromatic heterocycles. The number of hydrogen-bond acceptors (Lipinski definition) is 4. The first kappa shape index (κ1) is 21.4. The average molecular weight is 410 g/mol. The number of likely N-dealkylation sites (N-methyl/N-ethyl adjacent to an activating group) is 1. The minimum absolute atomic E-state index is 0.145. The van der Waals surface area contributed by atoms with Crippen LogP contribution in [0.15, 0.2) is 47.4 Å². The number of anilines is 1. The highest BCUT2D eigenvalue weighted by molar-refractivity contribution is 7.89. The van der Waals surface area contributed by atoms with E-state index in [1.54, 1.807) is 19.1 Å². The third-order valence-corrected chi connectivity index (χ3v) is 6.12. The molecule has 2 N–H and O–H groups in total. The number of benzene rings is 2. The number of amides is 1. The van der Waals surface area contributed by atoms with Gasteiger partial charge >= 0.3 is 0 Å². The molecule has 0 aliphatic rings. The smallest absolute Gasteiger partial charge is 0.240 e. The van der Waals surface area contributed by atoms with Gasteiger partial charge in [-0.15, -0.1) is 0 Å². The molecule has 0 aliphatic carbocycles. The summed E-state index contributed by atoms with van der Waals surface area (Å²) in [6.45, 7) is 5.07. The number of nitrogens with one attached hydrogen (secondary N) is 2. The maximum atomic E-state index is 12.4. The molecule has 0 bridgehead atoms. The van der Waals surface area contributed by atoms with Crippen molar-refractivity contribution in [2.75, 3.05) is 25.5 Å². The minimum Gasteiger partial charge on any atom is -0.325 e. The number of carbonyl (C=O) groups excluding carboxylic acids is 1. The Morgan fingerprint density at radius 2 is 1.89 bits per heavy atom. The van der Waals surface area contributed by atoms with Gasteiger partial charge in [0.1, 0.15) is 0 Å². The summed E-state index contributed by atoms with van der Waals surface area (Å²) in [5.74, 6) is -0.222. The van der Waals surface area contributed by atoms with E-state index >= 15 is 0 Å².